The summed E-state index contributed by atoms with van der Waals surface area (Å²) in [6.45, 7) is 0.606. The van der Waals surface area contributed by atoms with Gasteiger partial charge in [0.25, 0.3) is 0 Å². The van der Waals surface area contributed by atoms with Gasteiger partial charge in [-0.25, -0.2) is 0 Å². The van der Waals surface area contributed by atoms with E-state index < -0.39 is 5.91 Å². The van der Waals surface area contributed by atoms with Crippen LogP contribution >= 0.6 is 11.6 Å². The van der Waals surface area contributed by atoms with E-state index in [0.29, 0.717) is 24.5 Å². The predicted octanol–water partition coefficient (Wildman–Crippen LogP) is 3.05. The van der Waals surface area contributed by atoms with E-state index in [1.807, 2.05) is 12.1 Å². The lowest BCUT2D eigenvalue weighted by Crippen LogP contribution is -2.43. The Morgan fingerprint density at radius 3 is 2.57 bits per heavy atom. The van der Waals surface area contributed by atoms with Crippen molar-refractivity contribution in [3.05, 3.63) is 34.9 Å². The summed E-state index contributed by atoms with van der Waals surface area (Å²) in [6.07, 6.45) is 4.52. The van der Waals surface area contributed by atoms with Gasteiger partial charge in [0, 0.05) is 17.7 Å². The molecule has 1 aromatic carbocycles. The molecule has 1 aromatic rings. The molecular formula is C18H27ClN2O2. The Kier molecular flexibility index (Phi) is 6.88. The average molecular weight is 339 g/mol. The van der Waals surface area contributed by atoms with Crippen LogP contribution in [0.1, 0.15) is 37.2 Å². The third-order valence-corrected chi connectivity index (χ3v) is 5.07. The minimum Gasteiger partial charge on any atom is -0.372 e. The summed E-state index contributed by atoms with van der Waals surface area (Å²) in [4.78, 5) is 13.0. The molecule has 0 spiro atoms. The fourth-order valence-electron chi connectivity index (χ4n) is 3.53. The van der Waals surface area contributed by atoms with Gasteiger partial charge in [-0.1, -0.05) is 23.7 Å². The minimum absolute atomic E-state index is 0.0173. The molecule has 1 aliphatic rings. The van der Waals surface area contributed by atoms with E-state index in [0.717, 1.165) is 17.9 Å². The van der Waals surface area contributed by atoms with Gasteiger partial charge >= 0.3 is 0 Å². The zero-order chi connectivity index (χ0) is 16.8. The highest BCUT2D eigenvalue weighted by Gasteiger charge is 2.38. The third-order valence-electron chi connectivity index (χ3n) is 4.82. The lowest BCUT2D eigenvalue weighted by Gasteiger charge is -2.45. The highest BCUT2D eigenvalue weighted by Crippen LogP contribution is 2.46. The number of halogens is 1. The number of carbonyl (C=O) groups excluding carboxylic acids is 1. The summed E-state index contributed by atoms with van der Waals surface area (Å²) in [6, 6.07) is 8.80. The van der Waals surface area contributed by atoms with Gasteiger partial charge < -0.3 is 15.4 Å². The monoisotopic (exact) mass is 338 g/mol. The summed E-state index contributed by atoms with van der Waals surface area (Å²) >= 11 is 5.99. The molecule has 4 nitrogen and oxygen atoms in total. The molecule has 5 heteroatoms. The standard InChI is InChI=1S/C18H27ClN2O2/c1-21(2)17(4-3-11-23-12-18(20)22)16-10-9-15(16)13-5-7-14(19)8-6-13/h5-8,15-17H,3-4,9-12H2,1-2H3,(H2,20,22). The van der Waals surface area contributed by atoms with Crippen LogP contribution < -0.4 is 5.73 Å². The van der Waals surface area contributed by atoms with E-state index in [-0.39, 0.29) is 6.61 Å². The predicted molar refractivity (Wildman–Crippen MR) is 93.6 cm³/mol. The first-order valence-corrected chi connectivity index (χ1v) is 8.64. The smallest absolute Gasteiger partial charge is 0.243 e. The fraction of sp³-hybridized carbons (Fsp3) is 0.611. The van der Waals surface area contributed by atoms with Crippen molar-refractivity contribution >= 4 is 17.5 Å². The van der Waals surface area contributed by atoms with Gasteiger partial charge in [0.1, 0.15) is 6.61 Å². The summed E-state index contributed by atoms with van der Waals surface area (Å²) in [5.74, 6) is 0.879. The van der Waals surface area contributed by atoms with Crippen molar-refractivity contribution in [2.24, 2.45) is 11.7 Å². The number of rotatable bonds is 9. The van der Waals surface area contributed by atoms with Crippen molar-refractivity contribution in [2.45, 2.75) is 37.6 Å². The second kappa shape index (κ2) is 8.67. The van der Waals surface area contributed by atoms with E-state index in [1.165, 1.54) is 18.4 Å². The number of carbonyl (C=O) groups is 1. The molecule has 128 valence electrons. The topological polar surface area (TPSA) is 55.6 Å². The maximum absolute atomic E-state index is 10.7. The minimum atomic E-state index is -0.407. The first-order valence-electron chi connectivity index (χ1n) is 8.27. The van der Waals surface area contributed by atoms with Crippen LogP contribution in [0.15, 0.2) is 24.3 Å². The molecule has 23 heavy (non-hydrogen) atoms. The number of primary amides is 1. The Balaban J connectivity index is 1.87. The number of nitrogens with two attached hydrogens (primary N) is 1. The van der Waals surface area contributed by atoms with Crippen LogP contribution in [-0.4, -0.2) is 44.2 Å². The Bertz CT molecular complexity index is 504. The van der Waals surface area contributed by atoms with Crippen LogP contribution in [0.4, 0.5) is 0 Å². The van der Waals surface area contributed by atoms with Gasteiger partial charge in [0.2, 0.25) is 5.91 Å². The molecule has 1 amide bonds. The largest absolute Gasteiger partial charge is 0.372 e. The van der Waals surface area contributed by atoms with Crippen LogP contribution in [0.2, 0.25) is 5.02 Å². The first kappa shape index (κ1) is 18.2. The zero-order valence-corrected chi connectivity index (χ0v) is 14.8. The van der Waals surface area contributed by atoms with Crippen LogP contribution in [0.3, 0.4) is 0 Å². The zero-order valence-electron chi connectivity index (χ0n) is 14.0. The summed E-state index contributed by atoms with van der Waals surface area (Å²) < 4.78 is 5.27. The highest BCUT2D eigenvalue weighted by molar-refractivity contribution is 6.30. The van der Waals surface area contributed by atoms with Crippen molar-refractivity contribution in [1.29, 1.82) is 0 Å². The quantitative estimate of drug-likeness (QED) is 0.704. The molecule has 1 saturated carbocycles. The van der Waals surface area contributed by atoms with E-state index in [2.05, 4.69) is 31.1 Å². The molecule has 2 N–H and O–H groups in total. The van der Waals surface area contributed by atoms with Crippen molar-refractivity contribution in [3.63, 3.8) is 0 Å². The van der Waals surface area contributed by atoms with E-state index in [4.69, 9.17) is 22.1 Å². The third kappa shape index (κ3) is 5.20. The van der Waals surface area contributed by atoms with Crippen molar-refractivity contribution in [2.75, 3.05) is 27.3 Å². The molecule has 0 heterocycles. The van der Waals surface area contributed by atoms with Crippen LogP contribution in [-0.2, 0) is 9.53 Å². The number of hydrogen-bond donors (Lipinski definition) is 1. The van der Waals surface area contributed by atoms with Crippen molar-refractivity contribution < 1.29 is 9.53 Å². The second-order valence-electron chi connectivity index (χ2n) is 6.59. The SMILES string of the molecule is CN(C)C(CCCOCC(N)=O)C1CCC1c1ccc(Cl)cc1. The molecule has 0 aliphatic heterocycles. The maximum Gasteiger partial charge on any atom is 0.243 e. The van der Waals surface area contributed by atoms with E-state index in [9.17, 15) is 4.79 Å². The summed E-state index contributed by atoms with van der Waals surface area (Å²) in [7, 11) is 4.29. The number of ether oxygens (including phenoxy) is 1. The van der Waals surface area contributed by atoms with Crippen molar-refractivity contribution in [3.8, 4) is 0 Å². The molecule has 2 rings (SSSR count). The average Bonchev–Trinajstić information content (AvgIpc) is 2.46. The normalized spacial score (nSPS) is 21.9. The van der Waals surface area contributed by atoms with Gasteiger partial charge in [-0.3, -0.25) is 4.79 Å². The lowest BCUT2D eigenvalue weighted by atomic mass is 9.65. The Morgan fingerprint density at radius 2 is 2.04 bits per heavy atom. The summed E-state index contributed by atoms with van der Waals surface area (Å²) in [5.41, 5.74) is 6.46. The van der Waals surface area contributed by atoms with Crippen LogP contribution in [0, 0.1) is 5.92 Å². The number of nitrogens with zero attached hydrogens (tertiary/aromatic N) is 1. The van der Waals surface area contributed by atoms with E-state index >= 15 is 0 Å². The Labute approximate surface area is 143 Å². The number of benzene rings is 1. The first-order chi connectivity index (χ1) is 11.0. The molecule has 0 bridgehead atoms. The number of amides is 1. The second-order valence-corrected chi connectivity index (χ2v) is 7.03. The Hall–Kier alpha value is -1.10. The fourth-order valence-corrected chi connectivity index (χ4v) is 3.66. The van der Waals surface area contributed by atoms with Crippen LogP contribution in [0.5, 0.6) is 0 Å². The van der Waals surface area contributed by atoms with E-state index in [1.54, 1.807) is 0 Å². The van der Waals surface area contributed by atoms with Crippen molar-refractivity contribution in [1.82, 2.24) is 4.90 Å². The molecular weight excluding hydrogens is 312 g/mol. The van der Waals surface area contributed by atoms with Gasteiger partial charge in [0.05, 0.1) is 0 Å². The summed E-state index contributed by atoms with van der Waals surface area (Å²) in [5, 5.41) is 0.792. The van der Waals surface area contributed by atoms with Crippen LogP contribution in [0.25, 0.3) is 0 Å². The molecule has 1 aliphatic carbocycles. The number of hydrogen-bond acceptors (Lipinski definition) is 3. The highest BCUT2D eigenvalue weighted by atomic mass is 35.5. The maximum atomic E-state index is 10.7. The molecule has 0 saturated heterocycles. The molecule has 0 radical (unpaired) electrons. The molecule has 0 aromatic heterocycles. The van der Waals surface area contributed by atoms with Gasteiger partial charge in [-0.05, 0) is 69.3 Å². The Morgan fingerprint density at radius 1 is 1.35 bits per heavy atom. The van der Waals surface area contributed by atoms with Gasteiger partial charge in [-0.2, -0.15) is 0 Å². The lowest BCUT2D eigenvalue weighted by molar-refractivity contribution is -0.122. The van der Waals surface area contributed by atoms with Gasteiger partial charge in [0.15, 0.2) is 0 Å². The molecule has 3 atom stereocenters. The molecule has 3 unspecified atom stereocenters. The molecule has 1 fully saturated rings. The van der Waals surface area contributed by atoms with Gasteiger partial charge in [-0.15, -0.1) is 0 Å².